The van der Waals surface area contributed by atoms with E-state index >= 15 is 0 Å². The van der Waals surface area contributed by atoms with Crippen LogP contribution in [-0.2, 0) is 6.42 Å². The lowest BCUT2D eigenvalue weighted by atomic mass is 9.85. The molecule has 2 atom stereocenters. The summed E-state index contributed by atoms with van der Waals surface area (Å²) in [5.74, 6) is 1.15. The minimum Gasteiger partial charge on any atom is -0.504 e. The van der Waals surface area contributed by atoms with Crippen LogP contribution in [0.15, 0.2) is 30.3 Å². The lowest BCUT2D eigenvalue weighted by Gasteiger charge is -2.28. The molecule has 29 heavy (non-hydrogen) atoms. The van der Waals surface area contributed by atoms with Gasteiger partial charge < -0.3 is 24.9 Å². The van der Waals surface area contributed by atoms with Crippen molar-refractivity contribution < 1.29 is 24.9 Å². The molecule has 0 bridgehead atoms. The molecule has 1 fully saturated rings. The summed E-state index contributed by atoms with van der Waals surface area (Å²) in [7, 11) is 3.14. The quantitative estimate of drug-likeness (QED) is 0.561. The molecule has 0 radical (unpaired) electrons. The summed E-state index contributed by atoms with van der Waals surface area (Å²) in [5.41, 5.74) is 1.81. The predicted molar refractivity (Wildman–Crippen MR) is 112 cm³/mol. The zero-order valence-corrected chi connectivity index (χ0v) is 17.0. The first kappa shape index (κ1) is 19.8. The van der Waals surface area contributed by atoms with Crippen LogP contribution in [0, 0.1) is 0 Å². The highest BCUT2D eigenvalue weighted by molar-refractivity contribution is 6.12. The third-order valence-electron chi connectivity index (χ3n) is 6.06. The van der Waals surface area contributed by atoms with Crippen molar-refractivity contribution in [3.63, 3.8) is 0 Å². The largest absolute Gasteiger partial charge is 0.504 e. The monoisotopic (exact) mass is 397 g/mol. The molecule has 6 heteroatoms. The van der Waals surface area contributed by atoms with E-state index in [-0.39, 0.29) is 11.8 Å². The summed E-state index contributed by atoms with van der Waals surface area (Å²) < 4.78 is 10.8. The van der Waals surface area contributed by atoms with E-state index in [1.54, 1.807) is 13.2 Å². The van der Waals surface area contributed by atoms with Crippen molar-refractivity contribution in [2.24, 2.45) is 0 Å². The molecule has 3 N–H and O–H groups in total. The molecular weight excluding hydrogens is 370 g/mol. The average molecular weight is 397 g/mol. The van der Waals surface area contributed by atoms with Crippen LogP contribution >= 0.6 is 0 Å². The van der Waals surface area contributed by atoms with E-state index in [4.69, 9.17) is 9.47 Å². The Bertz CT molecular complexity index is 1060. The van der Waals surface area contributed by atoms with Crippen LogP contribution < -0.4 is 9.47 Å². The first-order valence-electron chi connectivity index (χ1n) is 9.96. The molecule has 1 aliphatic heterocycles. The Morgan fingerprint density at radius 1 is 1.07 bits per heavy atom. The van der Waals surface area contributed by atoms with Gasteiger partial charge in [-0.3, -0.25) is 0 Å². The molecule has 0 saturated carbocycles. The summed E-state index contributed by atoms with van der Waals surface area (Å²) >= 11 is 0. The molecule has 1 aliphatic rings. The van der Waals surface area contributed by atoms with Gasteiger partial charge in [0.15, 0.2) is 11.5 Å². The number of benzene rings is 3. The highest BCUT2D eigenvalue weighted by Crippen LogP contribution is 2.44. The number of nitrogens with zero attached hydrogens (tertiary/aromatic N) is 1. The van der Waals surface area contributed by atoms with E-state index in [1.807, 2.05) is 31.2 Å². The zero-order valence-electron chi connectivity index (χ0n) is 17.0. The van der Waals surface area contributed by atoms with Gasteiger partial charge in [-0.15, -0.1) is 0 Å². The highest BCUT2D eigenvalue weighted by atomic mass is 16.5. The van der Waals surface area contributed by atoms with Crippen LogP contribution in [0.3, 0.4) is 0 Å². The van der Waals surface area contributed by atoms with Gasteiger partial charge in [0, 0.05) is 6.54 Å². The van der Waals surface area contributed by atoms with Gasteiger partial charge in [0.2, 0.25) is 0 Å². The normalized spacial score (nSPS) is 18.4. The molecule has 6 nitrogen and oxygen atoms in total. The minimum absolute atomic E-state index is 0.0665. The first-order valence-corrected chi connectivity index (χ1v) is 9.96. The number of methoxy groups -OCH3 is 2. The van der Waals surface area contributed by atoms with Crippen LogP contribution in [0.1, 0.15) is 37.0 Å². The van der Waals surface area contributed by atoms with E-state index in [9.17, 15) is 15.4 Å². The van der Waals surface area contributed by atoms with Crippen molar-refractivity contribution in [1.29, 1.82) is 0 Å². The standard InChI is InChI=1S/C23H27NO5/c1-4-14-18-12-21(29-3)20(25)11-17(18)16-10-13(28-2)7-8-15(16)22(14)23(26)19-6-5-9-24(19)27/h7-8,10-12,19,23,25-27H,4-6,9H2,1-3H3/t19-,23+/m1/s1. The van der Waals surface area contributed by atoms with Crippen molar-refractivity contribution >= 4 is 21.5 Å². The maximum Gasteiger partial charge on any atom is 0.161 e. The van der Waals surface area contributed by atoms with Crippen LogP contribution in [0.5, 0.6) is 17.2 Å². The van der Waals surface area contributed by atoms with Gasteiger partial charge >= 0.3 is 0 Å². The lowest BCUT2D eigenvalue weighted by Crippen LogP contribution is -2.32. The first-order chi connectivity index (χ1) is 14.0. The molecule has 3 aromatic rings. The van der Waals surface area contributed by atoms with E-state index in [1.165, 1.54) is 12.2 Å². The molecular formula is C23H27NO5. The van der Waals surface area contributed by atoms with Crippen molar-refractivity contribution in [2.75, 3.05) is 20.8 Å². The SMILES string of the molecule is CCc1c([C@@H](O)[C@H]2CCCN2O)c2ccc(OC)cc2c2cc(O)c(OC)cc12. The highest BCUT2D eigenvalue weighted by Gasteiger charge is 2.33. The Labute approximate surface area is 169 Å². The molecule has 0 unspecified atom stereocenters. The summed E-state index contributed by atoms with van der Waals surface area (Å²) in [4.78, 5) is 0. The number of hydrogen-bond donors (Lipinski definition) is 3. The van der Waals surface area contributed by atoms with Gasteiger partial charge in [0.25, 0.3) is 0 Å². The van der Waals surface area contributed by atoms with Crippen LogP contribution in [-0.4, -0.2) is 47.3 Å². The van der Waals surface area contributed by atoms with Gasteiger partial charge in [0.1, 0.15) is 5.75 Å². The van der Waals surface area contributed by atoms with Crippen molar-refractivity contribution in [1.82, 2.24) is 5.06 Å². The van der Waals surface area contributed by atoms with E-state index in [0.717, 1.165) is 45.5 Å². The number of aliphatic hydroxyl groups excluding tert-OH is 1. The second kappa shape index (κ2) is 7.71. The second-order valence-electron chi connectivity index (χ2n) is 7.54. The van der Waals surface area contributed by atoms with E-state index in [0.29, 0.717) is 24.5 Å². The molecule has 1 saturated heterocycles. The number of aryl methyl sites for hydroxylation is 1. The molecule has 154 valence electrons. The number of aliphatic hydroxyl groups is 1. The molecule has 1 heterocycles. The molecule has 4 rings (SSSR count). The Balaban J connectivity index is 2.10. The van der Waals surface area contributed by atoms with Gasteiger partial charge in [0.05, 0.1) is 26.4 Å². The number of rotatable bonds is 5. The van der Waals surface area contributed by atoms with Crippen molar-refractivity contribution in [3.8, 4) is 17.2 Å². The molecule has 0 spiro atoms. The van der Waals surface area contributed by atoms with Gasteiger partial charge in [-0.2, -0.15) is 5.06 Å². The number of ether oxygens (including phenoxy) is 2. The fourth-order valence-corrected chi connectivity index (χ4v) is 4.63. The molecule has 3 aromatic carbocycles. The molecule has 0 aliphatic carbocycles. The number of aromatic hydroxyl groups is 1. The number of phenolic OH excluding ortho intramolecular Hbond substituents is 1. The summed E-state index contributed by atoms with van der Waals surface area (Å²) in [6.07, 6.45) is 1.44. The Morgan fingerprint density at radius 3 is 2.45 bits per heavy atom. The lowest BCUT2D eigenvalue weighted by molar-refractivity contribution is -0.132. The second-order valence-corrected chi connectivity index (χ2v) is 7.54. The third-order valence-corrected chi connectivity index (χ3v) is 6.06. The summed E-state index contributed by atoms with van der Waals surface area (Å²) in [5, 5.41) is 36.8. The van der Waals surface area contributed by atoms with Crippen LogP contribution in [0.25, 0.3) is 21.5 Å². The molecule has 0 aromatic heterocycles. The van der Waals surface area contributed by atoms with Crippen molar-refractivity contribution in [2.45, 2.75) is 38.3 Å². The summed E-state index contributed by atoms with van der Waals surface area (Å²) in [6, 6.07) is 8.93. The Kier molecular flexibility index (Phi) is 5.25. The van der Waals surface area contributed by atoms with Crippen LogP contribution in [0.2, 0.25) is 0 Å². The van der Waals surface area contributed by atoms with Gasteiger partial charge in [-0.25, -0.2) is 0 Å². The maximum atomic E-state index is 11.4. The van der Waals surface area contributed by atoms with E-state index < -0.39 is 6.10 Å². The predicted octanol–water partition coefficient (Wildman–Crippen LogP) is 4.17. The average Bonchev–Trinajstić information content (AvgIpc) is 3.17. The fraction of sp³-hybridized carbons (Fsp3) is 0.391. The van der Waals surface area contributed by atoms with E-state index in [2.05, 4.69) is 0 Å². The topological polar surface area (TPSA) is 82.4 Å². The Hall–Kier alpha value is -2.54. The minimum atomic E-state index is -0.836. The number of fused-ring (bicyclic) bond motifs is 3. The van der Waals surface area contributed by atoms with Crippen LogP contribution in [0.4, 0.5) is 0 Å². The molecule has 0 amide bonds. The maximum absolute atomic E-state index is 11.4. The fourth-order valence-electron chi connectivity index (χ4n) is 4.63. The van der Waals surface area contributed by atoms with Gasteiger partial charge in [-0.05, 0) is 76.2 Å². The van der Waals surface area contributed by atoms with Gasteiger partial charge in [-0.1, -0.05) is 13.0 Å². The Morgan fingerprint density at radius 2 is 1.83 bits per heavy atom. The number of hydrogen-bond acceptors (Lipinski definition) is 6. The zero-order chi connectivity index (χ0) is 20.7. The number of phenols is 1. The number of hydroxylamine groups is 2. The summed E-state index contributed by atoms with van der Waals surface area (Å²) in [6.45, 7) is 2.61. The third kappa shape index (κ3) is 3.17. The smallest absolute Gasteiger partial charge is 0.161 e. The van der Waals surface area contributed by atoms with Crippen molar-refractivity contribution in [3.05, 3.63) is 41.5 Å².